The van der Waals surface area contributed by atoms with Crippen molar-refractivity contribution >= 4 is 38.3 Å². The number of hydrogen-bond acceptors (Lipinski definition) is 1. The molecule has 1 heterocycles. The minimum absolute atomic E-state index is 0.572. The van der Waals surface area contributed by atoms with Crippen LogP contribution in [0.1, 0.15) is 0 Å². The minimum Gasteiger partial charge on any atom is -0.619 e. The van der Waals surface area contributed by atoms with Gasteiger partial charge in [-0.15, -0.1) is 0 Å². The van der Waals surface area contributed by atoms with E-state index >= 15 is 0 Å². The van der Waals surface area contributed by atoms with Crippen molar-refractivity contribution in [3.8, 4) is 0 Å². The molecule has 0 aliphatic rings. The Hall–Kier alpha value is -0.800. The first-order valence-corrected chi connectivity index (χ1v) is 4.82. The molecule has 0 N–H and O–H groups in total. The van der Waals surface area contributed by atoms with Crippen LogP contribution in [0.25, 0.3) is 10.8 Å². The molecular weight excluding hydrogens is 253 g/mol. The highest BCUT2D eigenvalue weighted by molar-refractivity contribution is 9.10. The summed E-state index contributed by atoms with van der Waals surface area (Å²) in [5, 5.41) is 13.3. The van der Waals surface area contributed by atoms with Gasteiger partial charge >= 0.3 is 0 Å². The zero-order valence-corrected chi connectivity index (χ0v) is 8.84. The molecule has 0 aliphatic heterocycles. The van der Waals surface area contributed by atoms with E-state index in [1.54, 1.807) is 6.07 Å². The van der Waals surface area contributed by atoms with Crippen LogP contribution in [0.5, 0.6) is 0 Å². The van der Waals surface area contributed by atoms with Crippen molar-refractivity contribution in [2.45, 2.75) is 0 Å². The van der Waals surface area contributed by atoms with Crippen LogP contribution < -0.4 is 4.73 Å². The first-order chi connectivity index (χ1) is 6.18. The Labute approximate surface area is 88.5 Å². The minimum atomic E-state index is 0.572. The summed E-state index contributed by atoms with van der Waals surface area (Å²) in [7, 11) is 0. The number of hydrogen-bond donors (Lipinski definition) is 0. The number of pyridine rings is 1. The molecule has 2 rings (SSSR count). The van der Waals surface area contributed by atoms with Gasteiger partial charge in [0.15, 0.2) is 12.4 Å². The molecule has 1 aromatic carbocycles. The van der Waals surface area contributed by atoms with Crippen molar-refractivity contribution in [2.75, 3.05) is 0 Å². The fraction of sp³-hybridized carbons (Fsp3) is 0. The average molecular weight is 259 g/mol. The number of fused-ring (bicyclic) bond motifs is 1. The Kier molecular flexibility index (Phi) is 2.14. The Morgan fingerprint density at radius 2 is 2.08 bits per heavy atom. The van der Waals surface area contributed by atoms with E-state index in [0.717, 1.165) is 20.0 Å². The van der Waals surface area contributed by atoms with Crippen LogP contribution in [0.4, 0.5) is 0 Å². The zero-order valence-electron chi connectivity index (χ0n) is 6.50. The summed E-state index contributed by atoms with van der Waals surface area (Å²) in [6.07, 6.45) is 2.91. The summed E-state index contributed by atoms with van der Waals surface area (Å²) < 4.78 is 1.54. The summed E-state index contributed by atoms with van der Waals surface area (Å²) in [6.45, 7) is 0. The lowest BCUT2D eigenvalue weighted by atomic mass is 10.2. The smallest absolute Gasteiger partial charge is 0.189 e. The maximum Gasteiger partial charge on any atom is 0.189 e. The lowest BCUT2D eigenvalue weighted by Gasteiger charge is -2.02. The first-order valence-electron chi connectivity index (χ1n) is 3.65. The normalized spacial score (nSPS) is 10.6. The van der Waals surface area contributed by atoms with Crippen LogP contribution >= 0.6 is 27.5 Å². The SMILES string of the molecule is [O-][n+]1ccc2ccc(Br)c(Cl)c2c1. The maximum absolute atomic E-state index is 11.0. The van der Waals surface area contributed by atoms with Crippen LogP contribution in [-0.4, -0.2) is 0 Å². The molecule has 66 valence electrons. The molecule has 0 saturated heterocycles. The molecule has 0 saturated carbocycles. The number of nitrogens with zero attached hydrogens (tertiary/aromatic N) is 1. The second-order valence-corrected chi connectivity index (χ2v) is 3.90. The molecule has 0 amide bonds. The Balaban J connectivity index is 2.89. The third kappa shape index (κ3) is 1.49. The molecule has 2 aromatic rings. The quantitative estimate of drug-likeness (QED) is 0.527. The number of aromatic nitrogens is 1. The molecule has 0 spiro atoms. The summed E-state index contributed by atoms with van der Waals surface area (Å²) in [6, 6.07) is 5.51. The topological polar surface area (TPSA) is 26.9 Å². The predicted octanol–water partition coefficient (Wildman–Crippen LogP) is 2.89. The van der Waals surface area contributed by atoms with Gasteiger partial charge < -0.3 is 5.21 Å². The lowest BCUT2D eigenvalue weighted by Crippen LogP contribution is -2.23. The highest BCUT2D eigenvalue weighted by Gasteiger charge is 2.05. The lowest BCUT2D eigenvalue weighted by molar-refractivity contribution is -0.603. The largest absolute Gasteiger partial charge is 0.619 e. The molecule has 1 aromatic heterocycles. The zero-order chi connectivity index (χ0) is 9.42. The third-order valence-electron chi connectivity index (χ3n) is 1.82. The summed E-state index contributed by atoms with van der Waals surface area (Å²) in [4.78, 5) is 0. The van der Waals surface area contributed by atoms with Gasteiger partial charge in [0.25, 0.3) is 0 Å². The van der Waals surface area contributed by atoms with Gasteiger partial charge in [-0.05, 0) is 27.4 Å². The van der Waals surface area contributed by atoms with E-state index in [2.05, 4.69) is 15.9 Å². The standard InChI is InChI=1S/C9H5BrClNO/c10-8-2-1-6-3-4-12(13)5-7(6)9(8)11/h1-5H. The van der Waals surface area contributed by atoms with Crippen molar-refractivity contribution in [1.82, 2.24) is 0 Å². The van der Waals surface area contributed by atoms with E-state index in [1.165, 1.54) is 12.4 Å². The van der Waals surface area contributed by atoms with Crippen molar-refractivity contribution in [3.05, 3.63) is 45.3 Å². The van der Waals surface area contributed by atoms with Gasteiger partial charge in [-0.2, -0.15) is 4.73 Å². The van der Waals surface area contributed by atoms with Crippen LogP contribution in [0.3, 0.4) is 0 Å². The van der Waals surface area contributed by atoms with E-state index in [1.807, 2.05) is 12.1 Å². The highest BCUT2D eigenvalue weighted by Crippen LogP contribution is 2.29. The van der Waals surface area contributed by atoms with Crippen LogP contribution in [0, 0.1) is 5.21 Å². The van der Waals surface area contributed by atoms with Gasteiger partial charge in [-0.25, -0.2) is 0 Å². The fourth-order valence-corrected chi connectivity index (χ4v) is 1.75. The second kappa shape index (κ2) is 3.16. The van der Waals surface area contributed by atoms with Crippen molar-refractivity contribution in [2.24, 2.45) is 0 Å². The van der Waals surface area contributed by atoms with Crippen molar-refractivity contribution in [1.29, 1.82) is 0 Å². The van der Waals surface area contributed by atoms with Crippen LogP contribution in [0.15, 0.2) is 35.1 Å². The second-order valence-electron chi connectivity index (χ2n) is 2.67. The Bertz CT molecular complexity index is 467. The molecule has 0 radical (unpaired) electrons. The molecular formula is C9H5BrClNO. The summed E-state index contributed by atoms with van der Waals surface area (Å²) >= 11 is 9.30. The molecule has 4 heteroatoms. The van der Waals surface area contributed by atoms with Crippen molar-refractivity contribution in [3.63, 3.8) is 0 Å². The maximum atomic E-state index is 11.0. The molecule has 0 aliphatic carbocycles. The number of rotatable bonds is 0. The highest BCUT2D eigenvalue weighted by atomic mass is 79.9. The van der Waals surface area contributed by atoms with E-state index in [9.17, 15) is 5.21 Å². The van der Waals surface area contributed by atoms with Gasteiger partial charge in [-0.3, -0.25) is 0 Å². The molecule has 0 atom stereocenters. The molecule has 0 fully saturated rings. The van der Waals surface area contributed by atoms with E-state index < -0.39 is 0 Å². The molecule has 13 heavy (non-hydrogen) atoms. The monoisotopic (exact) mass is 257 g/mol. The van der Waals surface area contributed by atoms with Gasteiger partial charge in [0.05, 0.1) is 10.4 Å². The fourth-order valence-electron chi connectivity index (χ4n) is 1.18. The van der Waals surface area contributed by atoms with Gasteiger partial charge in [0.1, 0.15) is 0 Å². The van der Waals surface area contributed by atoms with E-state index in [4.69, 9.17) is 11.6 Å². The van der Waals surface area contributed by atoms with E-state index in [-0.39, 0.29) is 0 Å². The Morgan fingerprint density at radius 1 is 1.31 bits per heavy atom. The Morgan fingerprint density at radius 3 is 2.85 bits per heavy atom. The summed E-state index contributed by atoms with van der Waals surface area (Å²) in [5.74, 6) is 0. The van der Waals surface area contributed by atoms with E-state index in [0.29, 0.717) is 5.02 Å². The van der Waals surface area contributed by atoms with Crippen LogP contribution in [-0.2, 0) is 0 Å². The summed E-state index contributed by atoms with van der Waals surface area (Å²) in [5.41, 5.74) is 0. The molecule has 0 unspecified atom stereocenters. The molecule has 0 bridgehead atoms. The molecule has 2 nitrogen and oxygen atoms in total. The predicted molar refractivity (Wildman–Crippen MR) is 55.6 cm³/mol. The third-order valence-corrected chi connectivity index (χ3v) is 3.12. The van der Waals surface area contributed by atoms with Crippen molar-refractivity contribution < 1.29 is 4.73 Å². The van der Waals surface area contributed by atoms with Crippen LogP contribution in [0.2, 0.25) is 5.02 Å². The van der Waals surface area contributed by atoms with Gasteiger partial charge in [0.2, 0.25) is 0 Å². The van der Waals surface area contributed by atoms with Gasteiger partial charge in [0, 0.05) is 10.5 Å². The number of halogens is 2. The number of benzene rings is 1. The first kappa shape index (κ1) is 8.78. The van der Waals surface area contributed by atoms with Gasteiger partial charge in [-0.1, -0.05) is 17.7 Å². The average Bonchev–Trinajstić information content (AvgIpc) is 2.12.